The molecule has 5 nitrogen and oxygen atoms in total. The van der Waals surface area contributed by atoms with Crippen molar-refractivity contribution in [1.82, 2.24) is 10.2 Å². The maximum atomic E-state index is 12.3. The van der Waals surface area contributed by atoms with Crippen LogP contribution < -0.4 is 10.1 Å². The van der Waals surface area contributed by atoms with Crippen molar-refractivity contribution in [3.05, 3.63) is 29.8 Å². The average Bonchev–Trinajstić information content (AvgIpc) is 2.46. The number of nitrogens with zero attached hydrogens (tertiary/aromatic N) is 1. The van der Waals surface area contributed by atoms with Crippen LogP contribution in [0.25, 0.3) is 0 Å². The molecule has 0 saturated heterocycles. The third-order valence-electron chi connectivity index (χ3n) is 3.87. The molecule has 1 heterocycles. The summed E-state index contributed by atoms with van der Waals surface area (Å²) >= 11 is 0. The summed E-state index contributed by atoms with van der Waals surface area (Å²) in [5.74, 6) is 0.833. The minimum Gasteiger partial charge on any atom is -0.493 e. The summed E-state index contributed by atoms with van der Waals surface area (Å²) in [7, 11) is 0. The normalized spacial score (nSPS) is 18.7. The van der Waals surface area contributed by atoms with Gasteiger partial charge in [-0.3, -0.25) is 9.69 Å². The molecule has 0 bridgehead atoms. The summed E-state index contributed by atoms with van der Waals surface area (Å²) in [5, 5.41) is 12.6. The van der Waals surface area contributed by atoms with Crippen molar-refractivity contribution in [3.8, 4) is 5.75 Å². The van der Waals surface area contributed by atoms with Gasteiger partial charge in [0.25, 0.3) is 0 Å². The highest BCUT2D eigenvalue weighted by Crippen LogP contribution is 2.31. The Morgan fingerprint density at radius 2 is 2.14 bits per heavy atom. The van der Waals surface area contributed by atoms with E-state index < -0.39 is 6.10 Å². The minimum atomic E-state index is -0.445. The number of aliphatic hydroxyl groups excluding tert-OH is 1. The Labute approximate surface area is 132 Å². The summed E-state index contributed by atoms with van der Waals surface area (Å²) in [5.41, 5.74) is 1.04. The Morgan fingerprint density at radius 3 is 2.82 bits per heavy atom. The molecule has 1 aromatic carbocycles. The van der Waals surface area contributed by atoms with Crippen LogP contribution in [0.5, 0.6) is 5.75 Å². The van der Waals surface area contributed by atoms with Gasteiger partial charge < -0.3 is 15.2 Å². The zero-order valence-electron chi connectivity index (χ0n) is 13.6. The van der Waals surface area contributed by atoms with E-state index in [1.54, 1.807) is 6.92 Å². The Balaban J connectivity index is 1.97. The Kier molecular flexibility index (Phi) is 5.80. The van der Waals surface area contributed by atoms with Gasteiger partial charge in [0.15, 0.2) is 0 Å². The Hall–Kier alpha value is -1.59. The number of amides is 1. The summed E-state index contributed by atoms with van der Waals surface area (Å²) in [4.78, 5) is 14.3. The zero-order valence-corrected chi connectivity index (χ0v) is 13.6. The highest BCUT2D eigenvalue weighted by molar-refractivity contribution is 5.78. The molecule has 22 heavy (non-hydrogen) atoms. The summed E-state index contributed by atoms with van der Waals surface area (Å²) in [6.07, 6.45) is 0.333. The standard InChI is InChI=1S/C17H26N2O3/c1-12(2)19(10-13(3)20)11-17(21)18-15-8-9-22-16-7-5-4-6-14(15)16/h4-7,12-13,15,20H,8-11H2,1-3H3,(H,18,21). The first kappa shape index (κ1) is 16.8. The van der Waals surface area contributed by atoms with Crippen molar-refractivity contribution in [2.75, 3.05) is 19.7 Å². The fourth-order valence-electron chi connectivity index (χ4n) is 2.71. The smallest absolute Gasteiger partial charge is 0.234 e. The van der Waals surface area contributed by atoms with E-state index in [0.717, 1.165) is 17.7 Å². The number of hydrogen-bond acceptors (Lipinski definition) is 4. The van der Waals surface area contributed by atoms with E-state index in [0.29, 0.717) is 19.7 Å². The van der Waals surface area contributed by atoms with Gasteiger partial charge in [-0.2, -0.15) is 0 Å². The third-order valence-corrected chi connectivity index (χ3v) is 3.87. The van der Waals surface area contributed by atoms with Gasteiger partial charge >= 0.3 is 0 Å². The molecule has 2 atom stereocenters. The second-order valence-corrected chi connectivity index (χ2v) is 6.17. The third kappa shape index (κ3) is 4.45. The number of benzene rings is 1. The molecule has 122 valence electrons. The van der Waals surface area contributed by atoms with E-state index >= 15 is 0 Å². The number of rotatable bonds is 6. The number of carbonyl (C=O) groups is 1. The van der Waals surface area contributed by atoms with Gasteiger partial charge in [0.1, 0.15) is 5.75 Å². The number of carbonyl (C=O) groups excluding carboxylic acids is 1. The van der Waals surface area contributed by atoms with Crippen LogP contribution in [0, 0.1) is 0 Å². The molecule has 1 amide bonds. The van der Waals surface area contributed by atoms with Gasteiger partial charge in [0.2, 0.25) is 5.91 Å². The van der Waals surface area contributed by atoms with E-state index in [1.807, 2.05) is 43.0 Å². The monoisotopic (exact) mass is 306 g/mol. The van der Waals surface area contributed by atoms with Crippen LogP contribution in [0.1, 0.15) is 38.8 Å². The summed E-state index contributed by atoms with van der Waals surface area (Å²) in [6.45, 7) is 7.20. The first-order chi connectivity index (χ1) is 10.5. The van der Waals surface area contributed by atoms with Crippen LogP contribution >= 0.6 is 0 Å². The van der Waals surface area contributed by atoms with Crippen molar-refractivity contribution in [1.29, 1.82) is 0 Å². The Morgan fingerprint density at radius 1 is 1.41 bits per heavy atom. The first-order valence-electron chi connectivity index (χ1n) is 7.90. The van der Waals surface area contributed by atoms with Crippen LogP contribution in [0.4, 0.5) is 0 Å². The van der Waals surface area contributed by atoms with Crippen molar-refractivity contribution >= 4 is 5.91 Å². The van der Waals surface area contributed by atoms with E-state index in [-0.39, 0.29) is 18.0 Å². The fraction of sp³-hybridized carbons (Fsp3) is 0.588. The molecule has 5 heteroatoms. The largest absolute Gasteiger partial charge is 0.493 e. The van der Waals surface area contributed by atoms with Crippen molar-refractivity contribution in [3.63, 3.8) is 0 Å². The lowest BCUT2D eigenvalue weighted by atomic mass is 10.0. The molecular formula is C17H26N2O3. The van der Waals surface area contributed by atoms with Gasteiger partial charge in [-0.1, -0.05) is 18.2 Å². The molecule has 1 aliphatic heterocycles. The molecule has 1 aliphatic rings. The highest BCUT2D eigenvalue weighted by atomic mass is 16.5. The number of fused-ring (bicyclic) bond motifs is 1. The maximum Gasteiger partial charge on any atom is 0.234 e. The SMILES string of the molecule is CC(O)CN(CC(=O)NC1CCOc2ccccc21)C(C)C. The van der Waals surface area contributed by atoms with E-state index in [1.165, 1.54) is 0 Å². The van der Waals surface area contributed by atoms with Crippen LogP contribution in [0.15, 0.2) is 24.3 Å². The quantitative estimate of drug-likeness (QED) is 0.840. The number of hydrogen-bond donors (Lipinski definition) is 2. The lowest BCUT2D eigenvalue weighted by molar-refractivity contribution is -0.123. The number of nitrogens with one attached hydrogen (secondary N) is 1. The summed E-state index contributed by atoms with van der Waals surface area (Å²) < 4.78 is 5.61. The van der Waals surface area contributed by atoms with E-state index in [2.05, 4.69) is 5.32 Å². The van der Waals surface area contributed by atoms with E-state index in [4.69, 9.17) is 4.74 Å². The molecule has 2 rings (SSSR count). The molecule has 2 N–H and O–H groups in total. The summed E-state index contributed by atoms with van der Waals surface area (Å²) in [6, 6.07) is 8.03. The number of para-hydroxylation sites is 1. The lowest BCUT2D eigenvalue weighted by Gasteiger charge is -2.30. The van der Waals surface area contributed by atoms with Crippen LogP contribution in [-0.4, -0.2) is 47.8 Å². The maximum absolute atomic E-state index is 12.3. The minimum absolute atomic E-state index is 0.00184. The zero-order chi connectivity index (χ0) is 16.1. The second-order valence-electron chi connectivity index (χ2n) is 6.17. The molecule has 0 aliphatic carbocycles. The Bertz CT molecular complexity index is 502. The number of aliphatic hydroxyl groups is 1. The topological polar surface area (TPSA) is 61.8 Å². The van der Waals surface area contributed by atoms with E-state index in [9.17, 15) is 9.90 Å². The lowest BCUT2D eigenvalue weighted by Crippen LogP contribution is -2.45. The fourth-order valence-corrected chi connectivity index (χ4v) is 2.71. The molecule has 0 radical (unpaired) electrons. The number of ether oxygens (including phenoxy) is 1. The van der Waals surface area contributed by atoms with Crippen LogP contribution in [0.3, 0.4) is 0 Å². The predicted octanol–water partition coefficient (Wildman–Crippen LogP) is 1.72. The first-order valence-corrected chi connectivity index (χ1v) is 7.90. The van der Waals surface area contributed by atoms with Crippen molar-refractivity contribution in [2.24, 2.45) is 0 Å². The van der Waals surface area contributed by atoms with Crippen LogP contribution in [0.2, 0.25) is 0 Å². The van der Waals surface area contributed by atoms with Gasteiger partial charge in [0.05, 0.1) is 25.3 Å². The molecule has 0 fully saturated rings. The van der Waals surface area contributed by atoms with Crippen molar-refractivity contribution in [2.45, 2.75) is 45.4 Å². The van der Waals surface area contributed by atoms with Crippen molar-refractivity contribution < 1.29 is 14.6 Å². The predicted molar refractivity (Wildman–Crippen MR) is 85.8 cm³/mol. The van der Waals surface area contributed by atoms with Gasteiger partial charge in [0, 0.05) is 24.6 Å². The van der Waals surface area contributed by atoms with Crippen LogP contribution in [-0.2, 0) is 4.79 Å². The molecule has 0 saturated carbocycles. The highest BCUT2D eigenvalue weighted by Gasteiger charge is 2.24. The molecule has 2 unspecified atom stereocenters. The average molecular weight is 306 g/mol. The molecular weight excluding hydrogens is 280 g/mol. The molecule has 0 spiro atoms. The van der Waals surface area contributed by atoms with Gasteiger partial charge in [-0.15, -0.1) is 0 Å². The van der Waals surface area contributed by atoms with Gasteiger partial charge in [-0.05, 0) is 26.8 Å². The second kappa shape index (κ2) is 7.61. The molecule has 1 aromatic rings. The molecule has 0 aromatic heterocycles. The van der Waals surface area contributed by atoms with Gasteiger partial charge in [-0.25, -0.2) is 0 Å².